The molecule has 31 heavy (non-hydrogen) atoms. The van der Waals surface area contributed by atoms with E-state index in [1.807, 2.05) is 18.2 Å². The number of hydrogen-bond acceptors (Lipinski definition) is 6. The number of carbonyl (C=O) groups is 1. The van der Waals surface area contributed by atoms with E-state index in [4.69, 9.17) is 18.9 Å². The van der Waals surface area contributed by atoms with Gasteiger partial charge >= 0.3 is 6.03 Å². The minimum absolute atomic E-state index is 0.192. The van der Waals surface area contributed by atoms with Gasteiger partial charge in [0.15, 0.2) is 11.5 Å². The van der Waals surface area contributed by atoms with Gasteiger partial charge in [-0.05, 0) is 36.8 Å². The summed E-state index contributed by atoms with van der Waals surface area (Å²) in [7, 11) is 3.10. The lowest BCUT2D eigenvalue weighted by Gasteiger charge is -2.13. The highest BCUT2D eigenvalue weighted by atomic mass is 16.7. The summed E-state index contributed by atoms with van der Waals surface area (Å²) in [5.74, 6) is 2.46. The van der Waals surface area contributed by atoms with E-state index >= 15 is 0 Å². The molecule has 0 fully saturated rings. The van der Waals surface area contributed by atoms with Crippen LogP contribution in [-0.4, -0.2) is 37.2 Å². The summed E-state index contributed by atoms with van der Waals surface area (Å²) in [6, 6.07) is 10.3. The number of ether oxygens (including phenoxy) is 4. The third kappa shape index (κ3) is 4.20. The Bertz CT molecular complexity index is 1100. The van der Waals surface area contributed by atoms with Crippen LogP contribution < -0.4 is 29.6 Å². The highest BCUT2D eigenvalue weighted by Gasteiger charge is 2.21. The fourth-order valence-electron chi connectivity index (χ4n) is 3.37. The molecule has 162 valence electrons. The Labute approximate surface area is 179 Å². The molecule has 1 aliphatic rings. The molecule has 0 spiro atoms. The van der Waals surface area contributed by atoms with Gasteiger partial charge in [0.1, 0.15) is 17.2 Å². The highest BCUT2D eigenvalue weighted by molar-refractivity contribution is 6.03. The van der Waals surface area contributed by atoms with Gasteiger partial charge in [-0.2, -0.15) is 5.10 Å². The molecule has 2 aromatic carbocycles. The number of amides is 2. The zero-order chi connectivity index (χ0) is 21.8. The molecule has 0 saturated heterocycles. The zero-order valence-corrected chi connectivity index (χ0v) is 17.6. The van der Waals surface area contributed by atoms with Crippen molar-refractivity contribution < 1.29 is 23.7 Å². The van der Waals surface area contributed by atoms with E-state index < -0.39 is 6.03 Å². The van der Waals surface area contributed by atoms with Crippen molar-refractivity contribution >= 4 is 17.4 Å². The molecule has 0 unspecified atom stereocenters. The van der Waals surface area contributed by atoms with Gasteiger partial charge in [-0.25, -0.2) is 4.79 Å². The summed E-state index contributed by atoms with van der Waals surface area (Å²) < 4.78 is 21.4. The first-order chi connectivity index (χ1) is 15.1. The number of carbonyl (C=O) groups excluding carboxylic acids is 1. The maximum atomic E-state index is 12.8. The highest BCUT2D eigenvalue weighted by Crippen LogP contribution is 2.38. The lowest BCUT2D eigenvalue weighted by molar-refractivity contribution is 0.174. The predicted octanol–water partition coefficient (Wildman–Crippen LogP) is 4.42. The van der Waals surface area contributed by atoms with Crippen LogP contribution >= 0.6 is 0 Å². The third-order valence-electron chi connectivity index (χ3n) is 4.88. The molecule has 4 rings (SSSR count). The average molecular weight is 424 g/mol. The summed E-state index contributed by atoms with van der Waals surface area (Å²) in [4.78, 5) is 12.8. The number of aromatic amines is 1. The number of H-pyrrole nitrogens is 1. The van der Waals surface area contributed by atoms with E-state index in [0.717, 1.165) is 24.1 Å². The minimum Gasteiger partial charge on any atom is -0.497 e. The minimum atomic E-state index is -0.413. The molecule has 0 aliphatic carbocycles. The first-order valence-corrected chi connectivity index (χ1v) is 9.90. The second kappa shape index (κ2) is 8.86. The normalized spacial score (nSPS) is 11.8. The van der Waals surface area contributed by atoms with Gasteiger partial charge in [0.05, 0.1) is 31.3 Å². The molecule has 0 bridgehead atoms. The Morgan fingerprint density at radius 2 is 1.94 bits per heavy atom. The van der Waals surface area contributed by atoms with Crippen molar-refractivity contribution in [3.8, 4) is 34.3 Å². The Balaban J connectivity index is 1.60. The molecule has 3 aromatic rings. The number of rotatable bonds is 7. The SMILES string of the molecule is CCCc1[nH]nc(-c2ccc3c(c2)OCO3)c1NC(=O)Nc1ccc(OC)cc1OC. The van der Waals surface area contributed by atoms with Crippen LogP contribution in [0.2, 0.25) is 0 Å². The lowest BCUT2D eigenvalue weighted by Crippen LogP contribution is -2.20. The Morgan fingerprint density at radius 1 is 1.10 bits per heavy atom. The topological polar surface area (TPSA) is 107 Å². The molecule has 2 amide bonds. The zero-order valence-electron chi connectivity index (χ0n) is 17.6. The van der Waals surface area contributed by atoms with Gasteiger partial charge in [-0.15, -0.1) is 0 Å². The maximum absolute atomic E-state index is 12.8. The standard InChI is InChI=1S/C22H24N4O5/c1-4-5-16-21(20(26-25-16)13-6-9-17-19(10-13)31-12-30-17)24-22(27)23-15-8-7-14(28-2)11-18(15)29-3/h6-11H,4-5,12H2,1-3H3,(H,25,26)(H2,23,24,27). The Kier molecular flexibility index (Phi) is 5.83. The second-order valence-corrected chi connectivity index (χ2v) is 6.89. The van der Waals surface area contributed by atoms with Crippen LogP contribution in [0.15, 0.2) is 36.4 Å². The van der Waals surface area contributed by atoms with E-state index in [9.17, 15) is 4.79 Å². The van der Waals surface area contributed by atoms with Crippen molar-refractivity contribution in [1.29, 1.82) is 0 Å². The number of methoxy groups -OCH3 is 2. The summed E-state index contributed by atoms with van der Waals surface area (Å²) in [5.41, 5.74) is 3.41. The summed E-state index contributed by atoms with van der Waals surface area (Å²) in [5, 5.41) is 13.2. The molecule has 9 nitrogen and oxygen atoms in total. The first kappa shape index (κ1) is 20.4. The van der Waals surface area contributed by atoms with Crippen LogP contribution in [0.1, 0.15) is 19.0 Å². The number of nitrogens with one attached hydrogen (secondary N) is 3. The maximum Gasteiger partial charge on any atom is 0.323 e. The van der Waals surface area contributed by atoms with Gasteiger partial charge < -0.3 is 29.6 Å². The van der Waals surface area contributed by atoms with E-state index in [1.165, 1.54) is 7.11 Å². The van der Waals surface area contributed by atoms with Crippen LogP contribution in [0, 0.1) is 0 Å². The molecule has 2 heterocycles. The van der Waals surface area contributed by atoms with E-state index in [2.05, 4.69) is 27.8 Å². The summed E-state index contributed by atoms with van der Waals surface area (Å²) >= 11 is 0. The number of hydrogen-bond donors (Lipinski definition) is 3. The number of urea groups is 1. The molecular weight excluding hydrogens is 400 g/mol. The summed E-state index contributed by atoms with van der Waals surface area (Å²) in [6.07, 6.45) is 1.63. The van der Waals surface area contributed by atoms with Crippen LogP contribution in [0.4, 0.5) is 16.2 Å². The number of nitrogens with zero attached hydrogens (tertiary/aromatic N) is 1. The van der Waals surface area contributed by atoms with Crippen molar-refractivity contribution in [2.45, 2.75) is 19.8 Å². The van der Waals surface area contributed by atoms with Crippen molar-refractivity contribution in [1.82, 2.24) is 10.2 Å². The first-order valence-electron chi connectivity index (χ1n) is 9.90. The molecular formula is C22H24N4O5. The number of fused-ring (bicyclic) bond motifs is 1. The van der Waals surface area contributed by atoms with E-state index in [1.54, 1.807) is 25.3 Å². The molecule has 0 radical (unpaired) electrons. The number of aromatic nitrogens is 2. The Hall–Kier alpha value is -3.88. The van der Waals surface area contributed by atoms with Crippen LogP contribution in [0.25, 0.3) is 11.3 Å². The predicted molar refractivity (Wildman–Crippen MR) is 116 cm³/mol. The summed E-state index contributed by atoms with van der Waals surface area (Å²) in [6.45, 7) is 2.25. The van der Waals surface area contributed by atoms with E-state index in [-0.39, 0.29) is 6.79 Å². The van der Waals surface area contributed by atoms with Gasteiger partial charge in [-0.1, -0.05) is 13.3 Å². The number of aryl methyl sites for hydroxylation is 1. The van der Waals surface area contributed by atoms with Crippen LogP contribution in [0.5, 0.6) is 23.0 Å². The fraction of sp³-hybridized carbons (Fsp3) is 0.273. The molecule has 0 saturated carbocycles. The monoisotopic (exact) mass is 424 g/mol. The lowest BCUT2D eigenvalue weighted by atomic mass is 10.1. The van der Waals surface area contributed by atoms with Crippen molar-refractivity contribution in [2.75, 3.05) is 31.6 Å². The largest absolute Gasteiger partial charge is 0.497 e. The van der Waals surface area contributed by atoms with E-state index in [0.29, 0.717) is 40.1 Å². The van der Waals surface area contributed by atoms with Gasteiger partial charge in [0.25, 0.3) is 0 Å². The van der Waals surface area contributed by atoms with Crippen molar-refractivity contribution in [2.24, 2.45) is 0 Å². The molecule has 3 N–H and O–H groups in total. The fourth-order valence-corrected chi connectivity index (χ4v) is 3.37. The third-order valence-corrected chi connectivity index (χ3v) is 4.88. The van der Waals surface area contributed by atoms with Gasteiger partial charge in [0, 0.05) is 11.6 Å². The number of benzene rings is 2. The van der Waals surface area contributed by atoms with Gasteiger partial charge in [0.2, 0.25) is 6.79 Å². The average Bonchev–Trinajstić information content (AvgIpc) is 3.41. The molecule has 1 aliphatic heterocycles. The van der Waals surface area contributed by atoms with Gasteiger partial charge in [-0.3, -0.25) is 5.10 Å². The molecule has 0 atom stereocenters. The Morgan fingerprint density at radius 3 is 2.71 bits per heavy atom. The quantitative estimate of drug-likeness (QED) is 0.518. The molecule has 9 heteroatoms. The van der Waals surface area contributed by atoms with Crippen LogP contribution in [-0.2, 0) is 6.42 Å². The number of anilines is 2. The van der Waals surface area contributed by atoms with Crippen molar-refractivity contribution in [3.05, 3.63) is 42.1 Å². The van der Waals surface area contributed by atoms with Crippen molar-refractivity contribution in [3.63, 3.8) is 0 Å². The second-order valence-electron chi connectivity index (χ2n) is 6.89. The smallest absolute Gasteiger partial charge is 0.323 e. The molecule has 1 aromatic heterocycles. The van der Waals surface area contributed by atoms with Crippen LogP contribution in [0.3, 0.4) is 0 Å².